The van der Waals surface area contributed by atoms with Crippen molar-refractivity contribution in [1.29, 1.82) is 0 Å². The van der Waals surface area contributed by atoms with Crippen LogP contribution in [0.15, 0.2) is 34.4 Å². The summed E-state index contributed by atoms with van der Waals surface area (Å²) in [5.41, 5.74) is 1.29. The Morgan fingerprint density at radius 1 is 1.32 bits per heavy atom. The molecule has 0 bridgehead atoms. The fourth-order valence-electron chi connectivity index (χ4n) is 1.88. The van der Waals surface area contributed by atoms with Gasteiger partial charge in [0.2, 0.25) is 0 Å². The summed E-state index contributed by atoms with van der Waals surface area (Å²) in [6.45, 7) is 2.61. The molecule has 0 unspecified atom stereocenters. The fourth-order valence-corrected chi connectivity index (χ4v) is 2.28. The van der Waals surface area contributed by atoms with Crippen LogP contribution in [0.2, 0.25) is 0 Å². The van der Waals surface area contributed by atoms with Gasteiger partial charge < -0.3 is 0 Å². The summed E-state index contributed by atoms with van der Waals surface area (Å²) < 4.78 is 0.894. The molecular weight excluding hydrogens is 308 g/mol. The third-order valence-corrected chi connectivity index (χ3v) is 3.64. The molecule has 1 saturated heterocycles. The van der Waals surface area contributed by atoms with Gasteiger partial charge in [-0.3, -0.25) is 15.0 Å². The molecular formula is C14H15BrN2O2. The first-order chi connectivity index (χ1) is 9.13. The van der Waals surface area contributed by atoms with E-state index in [9.17, 15) is 9.59 Å². The third-order valence-electron chi connectivity index (χ3n) is 2.92. The quantitative estimate of drug-likeness (QED) is 0.683. The van der Waals surface area contributed by atoms with Crippen LogP contribution in [-0.4, -0.2) is 23.4 Å². The molecule has 0 aliphatic carbocycles. The van der Waals surface area contributed by atoms with Gasteiger partial charge in [0, 0.05) is 11.0 Å². The second-order valence-electron chi connectivity index (χ2n) is 4.32. The maximum absolute atomic E-state index is 11.8. The maximum atomic E-state index is 11.8. The van der Waals surface area contributed by atoms with Crippen molar-refractivity contribution in [3.05, 3.63) is 40.0 Å². The first kappa shape index (κ1) is 13.8. The summed E-state index contributed by atoms with van der Waals surface area (Å²) in [6, 6.07) is 7.25. The lowest BCUT2D eigenvalue weighted by molar-refractivity contribution is -0.116. The third kappa shape index (κ3) is 3.04. The van der Waals surface area contributed by atoms with Crippen molar-refractivity contribution in [2.45, 2.75) is 19.8 Å². The van der Waals surface area contributed by atoms with Gasteiger partial charge in [-0.1, -0.05) is 47.5 Å². The summed E-state index contributed by atoms with van der Waals surface area (Å²) in [5.74, 6) is -0.336. The summed E-state index contributed by atoms with van der Waals surface area (Å²) >= 11 is 3.43. The number of nitrogens with zero attached hydrogens (tertiary/aromatic N) is 1. The number of hydrogen-bond donors (Lipinski definition) is 1. The van der Waals surface area contributed by atoms with Crippen molar-refractivity contribution >= 4 is 33.9 Å². The lowest BCUT2D eigenvalue weighted by atomic mass is 10.2. The zero-order valence-corrected chi connectivity index (χ0v) is 12.2. The van der Waals surface area contributed by atoms with Crippen LogP contribution in [0.1, 0.15) is 25.3 Å². The summed E-state index contributed by atoms with van der Waals surface area (Å²) in [7, 11) is 0. The number of carbonyl (C=O) groups is 2. The molecule has 0 atom stereocenters. The van der Waals surface area contributed by atoms with Gasteiger partial charge in [0.15, 0.2) is 0 Å². The Labute approximate surface area is 120 Å². The molecule has 4 nitrogen and oxygen atoms in total. The number of amides is 3. The van der Waals surface area contributed by atoms with Crippen molar-refractivity contribution in [2.24, 2.45) is 0 Å². The molecule has 1 aliphatic rings. The first-order valence-corrected chi connectivity index (χ1v) is 7.02. The molecule has 1 aromatic carbocycles. The molecule has 0 radical (unpaired) electrons. The number of urea groups is 1. The number of unbranched alkanes of at least 4 members (excludes halogenated alkanes) is 1. The first-order valence-electron chi connectivity index (χ1n) is 6.22. The molecule has 5 heteroatoms. The van der Waals surface area contributed by atoms with Crippen LogP contribution in [0.3, 0.4) is 0 Å². The Morgan fingerprint density at radius 3 is 2.74 bits per heavy atom. The van der Waals surface area contributed by atoms with Gasteiger partial charge in [0.1, 0.15) is 5.70 Å². The van der Waals surface area contributed by atoms with E-state index in [0.717, 1.165) is 22.9 Å². The van der Waals surface area contributed by atoms with E-state index in [-0.39, 0.29) is 11.9 Å². The number of benzene rings is 1. The van der Waals surface area contributed by atoms with Crippen molar-refractivity contribution in [1.82, 2.24) is 10.2 Å². The van der Waals surface area contributed by atoms with E-state index in [2.05, 4.69) is 21.2 Å². The molecule has 19 heavy (non-hydrogen) atoms. The zero-order chi connectivity index (χ0) is 13.8. The number of halogens is 1. The van der Waals surface area contributed by atoms with Crippen LogP contribution < -0.4 is 5.32 Å². The second kappa shape index (κ2) is 6.02. The van der Waals surface area contributed by atoms with E-state index in [4.69, 9.17) is 0 Å². The standard InChI is InChI=1S/C14H15BrN2O2/c1-2-3-8-17-12(13(18)16-14(17)19)9-10-6-4-5-7-11(10)15/h4-7,9H,2-3,8H2,1H3,(H,16,18,19). The monoisotopic (exact) mass is 322 g/mol. The van der Waals surface area contributed by atoms with Gasteiger partial charge in [0.25, 0.3) is 5.91 Å². The predicted octanol–water partition coefficient (Wildman–Crippen LogP) is 3.14. The summed E-state index contributed by atoms with van der Waals surface area (Å²) in [6.07, 6.45) is 3.58. The molecule has 0 spiro atoms. The highest BCUT2D eigenvalue weighted by Gasteiger charge is 2.32. The van der Waals surface area contributed by atoms with Gasteiger partial charge in [0.05, 0.1) is 0 Å². The normalized spacial score (nSPS) is 17.2. The van der Waals surface area contributed by atoms with E-state index in [0.29, 0.717) is 12.2 Å². The Kier molecular flexibility index (Phi) is 4.37. The number of rotatable bonds is 4. The van der Waals surface area contributed by atoms with E-state index >= 15 is 0 Å². The zero-order valence-electron chi connectivity index (χ0n) is 10.6. The van der Waals surface area contributed by atoms with Crippen molar-refractivity contribution in [3.8, 4) is 0 Å². The molecule has 1 fully saturated rings. The number of hydrogen-bond acceptors (Lipinski definition) is 2. The molecule has 100 valence electrons. The van der Waals surface area contributed by atoms with Crippen molar-refractivity contribution < 1.29 is 9.59 Å². The van der Waals surface area contributed by atoms with E-state index in [1.807, 2.05) is 31.2 Å². The van der Waals surface area contributed by atoms with Gasteiger partial charge >= 0.3 is 6.03 Å². The minimum Gasteiger partial charge on any atom is -0.289 e. The molecule has 0 saturated carbocycles. The maximum Gasteiger partial charge on any atom is 0.329 e. The Bertz CT molecular complexity index is 540. The lowest BCUT2D eigenvalue weighted by Gasteiger charge is -2.14. The van der Waals surface area contributed by atoms with Crippen molar-refractivity contribution in [3.63, 3.8) is 0 Å². The highest BCUT2D eigenvalue weighted by molar-refractivity contribution is 9.10. The molecule has 1 aliphatic heterocycles. The van der Waals surface area contributed by atoms with Crippen LogP contribution in [0.4, 0.5) is 4.79 Å². The predicted molar refractivity (Wildman–Crippen MR) is 77.3 cm³/mol. The highest BCUT2D eigenvalue weighted by Crippen LogP contribution is 2.22. The average molecular weight is 323 g/mol. The minimum atomic E-state index is -0.336. The number of nitrogens with one attached hydrogen (secondary N) is 1. The summed E-state index contributed by atoms with van der Waals surface area (Å²) in [5, 5.41) is 2.33. The summed E-state index contributed by atoms with van der Waals surface area (Å²) in [4.78, 5) is 25.0. The highest BCUT2D eigenvalue weighted by atomic mass is 79.9. The van der Waals surface area contributed by atoms with Crippen LogP contribution in [0, 0.1) is 0 Å². The van der Waals surface area contributed by atoms with Gasteiger partial charge in [-0.2, -0.15) is 0 Å². The number of imide groups is 1. The molecule has 3 amide bonds. The molecule has 2 rings (SSSR count). The fraction of sp³-hybridized carbons (Fsp3) is 0.286. The van der Waals surface area contributed by atoms with Crippen molar-refractivity contribution in [2.75, 3.05) is 6.54 Å². The Morgan fingerprint density at radius 2 is 2.05 bits per heavy atom. The molecule has 1 heterocycles. The largest absolute Gasteiger partial charge is 0.329 e. The van der Waals surface area contributed by atoms with Crippen LogP contribution in [0.25, 0.3) is 6.08 Å². The smallest absolute Gasteiger partial charge is 0.289 e. The number of carbonyl (C=O) groups excluding carboxylic acids is 2. The Balaban J connectivity index is 2.32. The Hall–Kier alpha value is -1.62. The van der Waals surface area contributed by atoms with E-state index in [1.54, 1.807) is 6.08 Å². The van der Waals surface area contributed by atoms with Gasteiger partial charge in [-0.25, -0.2) is 4.79 Å². The molecule has 0 aromatic heterocycles. The topological polar surface area (TPSA) is 49.4 Å². The van der Waals surface area contributed by atoms with E-state index < -0.39 is 0 Å². The SMILES string of the molecule is CCCCN1C(=O)NC(=O)C1=Cc1ccccc1Br. The molecule has 1 aromatic rings. The average Bonchev–Trinajstić information content (AvgIpc) is 2.65. The minimum absolute atomic E-state index is 0.336. The van der Waals surface area contributed by atoms with Crippen LogP contribution >= 0.6 is 15.9 Å². The van der Waals surface area contributed by atoms with Crippen LogP contribution in [-0.2, 0) is 4.79 Å². The van der Waals surface area contributed by atoms with Crippen LogP contribution in [0.5, 0.6) is 0 Å². The molecule has 1 N–H and O–H groups in total. The van der Waals surface area contributed by atoms with Gasteiger partial charge in [-0.05, 0) is 24.1 Å². The van der Waals surface area contributed by atoms with E-state index in [1.165, 1.54) is 4.90 Å². The van der Waals surface area contributed by atoms with Gasteiger partial charge in [-0.15, -0.1) is 0 Å². The second-order valence-corrected chi connectivity index (χ2v) is 5.17. The lowest BCUT2D eigenvalue weighted by Crippen LogP contribution is -2.28.